The van der Waals surface area contributed by atoms with E-state index in [4.69, 9.17) is 9.47 Å². The third kappa shape index (κ3) is 3.33. The first-order valence-corrected chi connectivity index (χ1v) is 6.16. The summed E-state index contributed by atoms with van der Waals surface area (Å²) in [6.45, 7) is 2.01. The number of ether oxygens (including phenoxy) is 2. The summed E-state index contributed by atoms with van der Waals surface area (Å²) in [5.74, 6) is 0. The fraction of sp³-hybridized carbons (Fsp3) is 0.357. The van der Waals surface area contributed by atoms with Crippen molar-refractivity contribution >= 4 is 5.69 Å². The first kappa shape index (κ1) is 13.6. The Morgan fingerprint density at radius 2 is 1.79 bits per heavy atom. The van der Waals surface area contributed by atoms with Crippen molar-refractivity contribution in [2.24, 2.45) is 0 Å². The molecule has 0 saturated carbocycles. The van der Waals surface area contributed by atoms with Crippen LogP contribution in [0, 0.1) is 0 Å². The van der Waals surface area contributed by atoms with Gasteiger partial charge >= 0.3 is 0 Å². The molecule has 19 heavy (non-hydrogen) atoms. The maximum atomic E-state index is 5.22. The van der Waals surface area contributed by atoms with Crippen LogP contribution in [0.2, 0.25) is 0 Å². The van der Waals surface area contributed by atoms with E-state index >= 15 is 0 Å². The monoisotopic (exact) mass is 261 g/mol. The van der Waals surface area contributed by atoms with Gasteiger partial charge in [-0.3, -0.25) is 5.10 Å². The van der Waals surface area contributed by atoms with E-state index in [2.05, 4.69) is 15.5 Å². The molecule has 102 valence electrons. The number of aromatic amines is 1. The first-order valence-electron chi connectivity index (χ1n) is 6.16. The van der Waals surface area contributed by atoms with E-state index < -0.39 is 0 Å². The van der Waals surface area contributed by atoms with Gasteiger partial charge in [0.1, 0.15) is 0 Å². The average molecular weight is 261 g/mol. The lowest BCUT2D eigenvalue weighted by Gasteiger charge is -2.23. The molecule has 1 aromatic carbocycles. The molecule has 1 atom stereocenters. The van der Waals surface area contributed by atoms with Gasteiger partial charge in [0.05, 0.1) is 11.7 Å². The minimum atomic E-state index is -0.271. The van der Waals surface area contributed by atoms with Gasteiger partial charge in [0.25, 0.3) is 0 Å². The van der Waals surface area contributed by atoms with Crippen molar-refractivity contribution in [2.75, 3.05) is 19.5 Å². The van der Waals surface area contributed by atoms with Crippen LogP contribution in [-0.2, 0) is 9.47 Å². The van der Waals surface area contributed by atoms with Crippen molar-refractivity contribution in [1.82, 2.24) is 10.2 Å². The van der Waals surface area contributed by atoms with Gasteiger partial charge in [-0.1, -0.05) is 12.1 Å². The zero-order chi connectivity index (χ0) is 13.7. The highest BCUT2D eigenvalue weighted by Gasteiger charge is 2.15. The molecule has 0 amide bonds. The van der Waals surface area contributed by atoms with Crippen molar-refractivity contribution in [1.29, 1.82) is 0 Å². The highest BCUT2D eigenvalue weighted by molar-refractivity contribution is 5.62. The normalized spacial score (nSPS) is 12.6. The predicted octanol–water partition coefficient (Wildman–Crippen LogP) is 2.50. The van der Waals surface area contributed by atoms with E-state index in [1.807, 2.05) is 37.3 Å². The second-order valence-corrected chi connectivity index (χ2v) is 4.32. The van der Waals surface area contributed by atoms with Gasteiger partial charge in [-0.05, 0) is 30.7 Å². The second-order valence-electron chi connectivity index (χ2n) is 4.32. The fourth-order valence-electron chi connectivity index (χ4n) is 2.00. The third-order valence-electron chi connectivity index (χ3n) is 2.96. The molecule has 0 spiro atoms. The maximum Gasteiger partial charge on any atom is 0.176 e. The highest BCUT2D eigenvalue weighted by atomic mass is 16.7. The number of benzene rings is 1. The molecule has 0 saturated heterocycles. The summed E-state index contributed by atoms with van der Waals surface area (Å²) in [4.78, 5) is 0. The molecule has 0 fully saturated rings. The Balaban J connectivity index is 2.03. The summed E-state index contributed by atoms with van der Waals surface area (Å²) in [6, 6.07) is 10.1. The number of H-pyrrole nitrogens is 1. The topological polar surface area (TPSA) is 59.2 Å². The molecule has 2 aromatic rings. The van der Waals surface area contributed by atoms with Gasteiger partial charge in [-0.15, -0.1) is 0 Å². The molecule has 0 aliphatic carbocycles. The summed E-state index contributed by atoms with van der Waals surface area (Å²) in [7, 11) is 3.27. The van der Waals surface area contributed by atoms with Crippen LogP contribution in [-0.4, -0.2) is 36.7 Å². The molecule has 1 aromatic heterocycles. The number of hydrogen-bond donors (Lipinski definition) is 2. The minimum Gasteiger partial charge on any atom is -0.377 e. The van der Waals surface area contributed by atoms with Crippen molar-refractivity contribution in [3.63, 3.8) is 0 Å². The Labute approximate surface area is 112 Å². The number of nitrogens with one attached hydrogen (secondary N) is 2. The molecular formula is C14H19N3O2. The second kappa shape index (κ2) is 6.36. The van der Waals surface area contributed by atoms with Crippen molar-refractivity contribution in [3.05, 3.63) is 36.5 Å². The number of methoxy groups -OCH3 is 2. The fourth-order valence-corrected chi connectivity index (χ4v) is 2.00. The van der Waals surface area contributed by atoms with Crippen LogP contribution in [0.15, 0.2) is 36.5 Å². The van der Waals surface area contributed by atoms with Crippen molar-refractivity contribution in [3.8, 4) is 11.3 Å². The standard InChI is InChI=1S/C14H19N3O2/c1-10(14(18-2)19-3)16-12-6-4-11(5-7-12)13-8-9-15-17-13/h4-10,14,16H,1-3H3,(H,15,17). The Kier molecular flexibility index (Phi) is 4.54. The lowest BCUT2D eigenvalue weighted by Crippen LogP contribution is -2.33. The first-order chi connectivity index (χ1) is 9.24. The van der Waals surface area contributed by atoms with Crippen LogP contribution in [0.25, 0.3) is 11.3 Å². The van der Waals surface area contributed by atoms with Gasteiger partial charge in [0.15, 0.2) is 6.29 Å². The number of nitrogens with zero attached hydrogens (tertiary/aromatic N) is 1. The lowest BCUT2D eigenvalue weighted by molar-refractivity contribution is -0.109. The lowest BCUT2D eigenvalue weighted by atomic mass is 10.1. The summed E-state index contributed by atoms with van der Waals surface area (Å²) in [6.07, 6.45) is 1.47. The number of aromatic nitrogens is 2. The molecule has 2 N–H and O–H groups in total. The molecule has 1 heterocycles. The zero-order valence-corrected chi connectivity index (χ0v) is 11.4. The van der Waals surface area contributed by atoms with Gasteiger partial charge in [0, 0.05) is 26.1 Å². The van der Waals surface area contributed by atoms with Crippen LogP contribution in [0.3, 0.4) is 0 Å². The minimum absolute atomic E-state index is 0.0630. The van der Waals surface area contributed by atoms with Crippen LogP contribution >= 0.6 is 0 Å². The largest absolute Gasteiger partial charge is 0.377 e. The average Bonchev–Trinajstić information content (AvgIpc) is 2.95. The molecule has 0 aliphatic rings. The number of rotatable bonds is 6. The highest BCUT2D eigenvalue weighted by Crippen LogP contribution is 2.19. The summed E-state index contributed by atoms with van der Waals surface area (Å²) >= 11 is 0. The third-order valence-corrected chi connectivity index (χ3v) is 2.96. The molecule has 5 heteroatoms. The van der Waals surface area contributed by atoms with Gasteiger partial charge in [-0.2, -0.15) is 5.10 Å². The summed E-state index contributed by atoms with van der Waals surface area (Å²) in [5, 5.41) is 10.2. The Bertz CT molecular complexity index is 478. The van der Waals surface area contributed by atoms with Gasteiger partial charge in [0.2, 0.25) is 0 Å². The Morgan fingerprint density at radius 1 is 1.11 bits per heavy atom. The van der Waals surface area contributed by atoms with E-state index in [0.29, 0.717) is 0 Å². The Hall–Kier alpha value is -1.85. The zero-order valence-electron chi connectivity index (χ0n) is 11.4. The van der Waals surface area contributed by atoms with Crippen LogP contribution < -0.4 is 5.32 Å². The van der Waals surface area contributed by atoms with Crippen LogP contribution in [0.4, 0.5) is 5.69 Å². The number of anilines is 1. The molecule has 0 aliphatic heterocycles. The molecule has 0 radical (unpaired) electrons. The number of hydrogen-bond acceptors (Lipinski definition) is 4. The SMILES string of the molecule is COC(OC)C(C)Nc1ccc(-c2ccn[nH]2)cc1. The quantitative estimate of drug-likeness (QED) is 0.784. The van der Waals surface area contributed by atoms with Crippen LogP contribution in [0.1, 0.15) is 6.92 Å². The summed E-state index contributed by atoms with van der Waals surface area (Å²) in [5.41, 5.74) is 3.13. The molecular weight excluding hydrogens is 242 g/mol. The molecule has 2 rings (SSSR count). The molecule has 5 nitrogen and oxygen atoms in total. The van der Waals surface area contributed by atoms with E-state index in [-0.39, 0.29) is 12.3 Å². The smallest absolute Gasteiger partial charge is 0.176 e. The van der Waals surface area contributed by atoms with E-state index in [1.165, 1.54) is 0 Å². The predicted molar refractivity (Wildman–Crippen MR) is 74.9 cm³/mol. The molecule has 1 unspecified atom stereocenters. The van der Waals surface area contributed by atoms with Gasteiger partial charge < -0.3 is 14.8 Å². The maximum absolute atomic E-state index is 5.22. The van der Waals surface area contributed by atoms with Crippen LogP contribution in [0.5, 0.6) is 0 Å². The molecule has 0 bridgehead atoms. The van der Waals surface area contributed by atoms with E-state index in [0.717, 1.165) is 16.9 Å². The Morgan fingerprint density at radius 3 is 2.32 bits per heavy atom. The van der Waals surface area contributed by atoms with Crippen molar-refractivity contribution in [2.45, 2.75) is 19.3 Å². The van der Waals surface area contributed by atoms with E-state index in [9.17, 15) is 0 Å². The summed E-state index contributed by atoms with van der Waals surface area (Å²) < 4.78 is 10.4. The van der Waals surface area contributed by atoms with Gasteiger partial charge in [-0.25, -0.2) is 0 Å². The van der Waals surface area contributed by atoms with E-state index in [1.54, 1.807) is 20.4 Å². The van der Waals surface area contributed by atoms with Crippen molar-refractivity contribution < 1.29 is 9.47 Å².